The number of nitrogens with one attached hydrogen (secondary N) is 1. The minimum absolute atomic E-state index is 0.0720. The smallest absolute Gasteiger partial charge is 0.223 e. The largest absolute Gasteiger partial charge is 0.492 e. The van der Waals surface area contributed by atoms with Gasteiger partial charge in [0.25, 0.3) is 0 Å². The third kappa shape index (κ3) is 7.27. The van der Waals surface area contributed by atoms with Crippen LogP contribution in [-0.4, -0.2) is 44.9 Å². The fraction of sp³-hybridized carbons (Fsp3) is 0.480. The lowest BCUT2D eigenvalue weighted by molar-refractivity contribution is -0.126. The van der Waals surface area contributed by atoms with Gasteiger partial charge in [-0.05, 0) is 53.6 Å². The van der Waals surface area contributed by atoms with Gasteiger partial charge >= 0.3 is 0 Å². The summed E-state index contributed by atoms with van der Waals surface area (Å²) in [5.41, 5.74) is 1.86. The predicted molar refractivity (Wildman–Crippen MR) is 127 cm³/mol. The maximum absolute atomic E-state index is 13.0. The highest BCUT2D eigenvalue weighted by atomic mass is 32.2. The number of carbonyl (C=O) groups is 1. The topological polar surface area (TPSA) is 75.7 Å². The summed E-state index contributed by atoms with van der Waals surface area (Å²) >= 11 is 0. The van der Waals surface area contributed by atoms with Crippen LogP contribution in [0.15, 0.2) is 48.5 Å². The lowest BCUT2D eigenvalue weighted by atomic mass is 9.87. The van der Waals surface area contributed by atoms with E-state index in [1.165, 1.54) is 34.1 Å². The zero-order valence-corrected chi connectivity index (χ0v) is 20.3. The summed E-state index contributed by atoms with van der Waals surface area (Å²) < 4.78 is 45.5. The van der Waals surface area contributed by atoms with Crippen molar-refractivity contribution in [1.29, 1.82) is 0 Å². The Morgan fingerprint density at radius 3 is 2.24 bits per heavy atom. The first-order valence-electron chi connectivity index (χ1n) is 11.3. The fourth-order valence-electron chi connectivity index (χ4n) is 3.82. The molecule has 3 rings (SSSR count). The molecule has 1 aliphatic rings. The molecule has 2 aromatic carbocycles. The van der Waals surface area contributed by atoms with Crippen LogP contribution in [0.1, 0.15) is 44.7 Å². The lowest BCUT2D eigenvalue weighted by Crippen LogP contribution is -2.43. The molecule has 1 heterocycles. The maximum Gasteiger partial charge on any atom is 0.223 e. The van der Waals surface area contributed by atoms with Crippen LogP contribution in [0.4, 0.5) is 4.39 Å². The van der Waals surface area contributed by atoms with E-state index in [4.69, 9.17) is 4.74 Å². The Morgan fingerprint density at radius 2 is 1.67 bits per heavy atom. The molecule has 6 nitrogen and oxygen atoms in total. The lowest BCUT2D eigenvalue weighted by Gasteiger charge is -2.30. The summed E-state index contributed by atoms with van der Waals surface area (Å²) in [7, 11) is -3.50. The second kappa shape index (κ2) is 10.7. The van der Waals surface area contributed by atoms with Gasteiger partial charge in [0, 0.05) is 19.0 Å². The average Bonchev–Trinajstić information content (AvgIpc) is 2.78. The van der Waals surface area contributed by atoms with Crippen LogP contribution in [0.2, 0.25) is 0 Å². The zero-order chi connectivity index (χ0) is 24.1. The Hall–Kier alpha value is -2.45. The van der Waals surface area contributed by atoms with E-state index in [9.17, 15) is 17.6 Å². The highest BCUT2D eigenvalue weighted by molar-refractivity contribution is 7.88. The summed E-state index contributed by atoms with van der Waals surface area (Å²) in [5.74, 6) is -0.0903. The number of sulfonamides is 1. The van der Waals surface area contributed by atoms with Crippen molar-refractivity contribution in [2.24, 2.45) is 5.92 Å². The highest BCUT2D eigenvalue weighted by Crippen LogP contribution is 2.24. The van der Waals surface area contributed by atoms with Crippen LogP contribution < -0.4 is 10.1 Å². The van der Waals surface area contributed by atoms with Gasteiger partial charge in [-0.3, -0.25) is 4.79 Å². The van der Waals surface area contributed by atoms with Crippen molar-refractivity contribution >= 4 is 15.9 Å². The Bertz CT molecular complexity index is 1020. The fourth-order valence-corrected chi connectivity index (χ4v) is 5.38. The Morgan fingerprint density at radius 1 is 1.06 bits per heavy atom. The van der Waals surface area contributed by atoms with Crippen LogP contribution in [0.5, 0.6) is 5.75 Å². The third-order valence-electron chi connectivity index (χ3n) is 5.87. The van der Waals surface area contributed by atoms with E-state index in [1.807, 2.05) is 24.3 Å². The summed E-state index contributed by atoms with van der Waals surface area (Å²) in [4.78, 5) is 12.5. The van der Waals surface area contributed by atoms with E-state index in [1.54, 1.807) is 0 Å². The number of benzene rings is 2. The molecule has 0 unspecified atom stereocenters. The molecule has 1 saturated heterocycles. The molecule has 0 aliphatic carbocycles. The number of rotatable bonds is 8. The first kappa shape index (κ1) is 25.2. The molecule has 1 aliphatic heterocycles. The van der Waals surface area contributed by atoms with Crippen molar-refractivity contribution in [3.8, 4) is 5.75 Å². The van der Waals surface area contributed by atoms with E-state index < -0.39 is 15.8 Å². The number of nitrogens with zero attached hydrogens (tertiary/aromatic N) is 1. The number of carbonyl (C=O) groups excluding carboxylic acids is 1. The molecule has 1 fully saturated rings. The monoisotopic (exact) mass is 476 g/mol. The van der Waals surface area contributed by atoms with Crippen molar-refractivity contribution in [3.63, 3.8) is 0 Å². The molecule has 180 valence electrons. The minimum Gasteiger partial charge on any atom is -0.492 e. The SMILES string of the molecule is CC(C)(C)c1ccc(OCCNC(=O)C2CCN(S(=O)(=O)Cc3ccc(F)cc3)CC2)cc1. The molecule has 0 atom stereocenters. The molecule has 0 radical (unpaired) electrons. The van der Waals surface area contributed by atoms with Crippen LogP contribution >= 0.6 is 0 Å². The average molecular weight is 477 g/mol. The second-order valence-corrected chi connectivity index (χ2v) is 11.4. The highest BCUT2D eigenvalue weighted by Gasteiger charge is 2.31. The van der Waals surface area contributed by atoms with E-state index in [2.05, 4.69) is 26.1 Å². The standard InChI is InChI=1S/C25H33FN2O4S/c1-25(2,3)21-6-10-23(11-7-21)32-17-14-27-24(29)20-12-15-28(16-13-20)33(30,31)18-19-4-8-22(26)9-5-19/h4-11,20H,12-18H2,1-3H3,(H,27,29). The van der Waals surface area contributed by atoms with Gasteiger partial charge in [0.2, 0.25) is 15.9 Å². The number of halogens is 1. The first-order chi connectivity index (χ1) is 15.5. The van der Waals surface area contributed by atoms with Crippen molar-refractivity contribution < 1.29 is 22.3 Å². The van der Waals surface area contributed by atoms with Gasteiger partial charge in [0.15, 0.2) is 0 Å². The van der Waals surface area contributed by atoms with Gasteiger partial charge in [-0.15, -0.1) is 0 Å². The number of hydrogen-bond donors (Lipinski definition) is 1. The van der Waals surface area contributed by atoms with Crippen molar-refractivity contribution in [1.82, 2.24) is 9.62 Å². The van der Waals surface area contributed by atoms with Crippen LogP contribution in [0.25, 0.3) is 0 Å². The summed E-state index contributed by atoms with van der Waals surface area (Å²) in [6.45, 7) is 7.84. The second-order valence-electron chi connectivity index (χ2n) is 9.47. The minimum atomic E-state index is -3.50. The van der Waals surface area contributed by atoms with Crippen LogP contribution in [-0.2, 0) is 26.0 Å². The van der Waals surface area contributed by atoms with Crippen molar-refractivity contribution in [2.45, 2.75) is 44.8 Å². The number of ether oxygens (including phenoxy) is 1. The summed E-state index contributed by atoms with van der Waals surface area (Å²) in [6.07, 6.45) is 0.952. The molecular weight excluding hydrogens is 443 g/mol. The molecule has 2 aromatic rings. The number of amides is 1. The summed E-state index contributed by atoms with van der Waals surface area (Å²) in [5, 5.41) is 2.89. The zero-order valence-electron chi connectivity index (χ0n) is 19.5. The van der Waals surface area contributed by atoms with Crippen LogP contribution in [0, 0.1) is 11.7 Å². The van der Waals surface area contributed by atoms with Gasteiger partial charge in [0.1, 0.15) is 18.2 Å². The van der Waals surface area contributed by atoms with Gasteiger partial charge in [0.05, 0.1) is 12.3 Å². The van der Waals surface area contributed by atoms with E-state index >= 15 is 0 Å². The molecule has 33 heavy (non-hydrogen) atoms. The maximum atomic E-state index is 13.0. The summed E-state index contributed by atoms with van der Waals surface area (Å²) in [6, 6.07) is 13.4. The van der Waals surface area contributed by atoms with E-state index in [0.29, 0.717) is 44.6 Å². The van der Waals surface area contributed by atoms with Gasteiger partial charge in [-0.1, -0.05) is 45.0 Å². The normalized spacial score (nSPS) is 15.9. The predicted octanol–water partition coefficient (Wildman–Crippen LogP) is 3.86. The van der Waals surface area contributed by atoms with E-state index in [-0.39, 0.29) is 23.0 Å². The van der Waals surface area contributed by atoms with Crippen LogP contribution in [0.3, 0.4) is 0 Å². The molecule has 0 aromatic heterocycles. The quantitative estimate of drug-likeness (QED) is 0.587. The van der Waals surface area contributed by atoms with Gasteiger partial charge in [-0.2, -0.15) is 0 Å². The molecule has 0 saturated carbocycles. The Kier molecular flexibility index (Phi) is 8.13. The van der Waals surface area contributed by atoms with E-state index in [0.717, 1.165) is 5.75 Å². The van der Waals surface area contributed by atoms with Gasteiger partial charge in [-0.25, -0.2) is 17.1 Å². The molecule has 0 bridgehead atoms. The Labute approximate surface area is 196 Å². The van der Waals surface area contributed by atoms with Crippen molar-refractivity contribution in [2.75, 3.05) is 26.2 Å². The number of piperidine rings is 1. The molecule has 1 amide bonds. The molecular formula is C25H33FN2O4S. The third-order valence-corrected chi connectivity index (χ3v) is 7.72. The molecule has 8 heteroatoms. The van der Waals surface area contributed by atoms with Crippen molar-refractivity contribution in [3.05, 3.63) is 65.5 Å². The number of hydrogen-bond acceptors (Lipinski definition) is 4. The first-order valence-corrected chi connectivity index (χ1v) is 12.9. The van der Waals surface area contributed by atoms with Gasteiger partial charge < -0.3 is 10.1 Å². The molecule has 0 spiro atoms. The Balaban J connectivity index is 1.39. The molecule has 1 N–H and O–H groups in total.